The molecule has 3 aliphatic carbocycles. The Labute approximate surface area is 109 Å². The zero-order valence-electron chi connectivity index (χ0n) is 10.3. The van der Waals surface area contributed by atoms with Crippen LogP contribution >= 0.6 is 0 Å². The summed E-state index contributed by atoms with van der Waals surface area (Å²) >= 11 is 0. The molecule has 3 saturated carbocycles. The van der Waals surface area contributed by atoms with E-state index in [1.807, 2.05) is 0 Å². The predicted molar refractivity (Wildman–Crippen MR) is 62.4 cm³/mol. The monoisotopic (exact) mass is 262 g/mol. The van der Waals surface area contributed by atoms with Gasteiger partial charge in [-0.15, -0.1) is 5.10 Å². The van der Waals surface area contributed by atoms with Crippen LogP contribution in [0.4, 0.5) is 0 Å². The Morgan fingerprint density at radius 1 is 1.37 bits per heavy atom. The first-order valence-electron chi connectivity index (χ1n) is 6.65. The van der Waals surface area contributed by atoms with Gasteiger partial charge in [0.15, 0.2) is 5.69 Å². The standard InChI is InChI=1S/C12H14N4O3/c17-11-10-9(14-15-16(10)2-1-13-11)12(18)19-8-5-6-3-7(8)4-6/h6-8H,1-5H2,(H,13,17). The number of carbonyl (C=O) groups is 2. The molecule has 1 aliphatic heterocycles. The third kappa shape index (κ3) is 1.57. The SMILES string of the molecule is O=C(OC1CC2CC1C2)c1nnn2c1C(=O)NCC2. The van der Waals surface area contributed by atoms with Crippen LogP contribution < -0.4 is 5.32 Å². The Morgan fingerprint density at radius 2 is 2.21 bits per heavy atom. The van der Waals surface area contributed by atoms with Gasteiger partial charge < -0.3 is 10.1 Å². The number of esters is 1. The van der Waals surface area contributed by atoms with Crippen molar-refractivity contribution in [3.05, 3.63) is 11.4 Å². The summed E-state index contributed by atoms with van der Waals surface area (Å²) in [7, 11) is 0. The van der Waals surface area contributed by atoms with E-state index in [2.05, 4.69) is 15.6 Å². The van der Waals surface area contributed by atoms with Gasteiger partial charge in [-0.1, -0.05) is 5.21 Å². The van der Waals surface area contributed by atoms with Crippen molar-refractivity contribution >= 4 is 11.9 Å². The molecule has 2 heterocycles. The molecule has 1 aromatic heterocycles. The van der Waals surface area contributed by atoms with E-state index in [-0.39, 0.29) is 23.4 Å². The van der Waals surface area contributed by atoms with E-state index in [0.29, 0.717) is 19.0 Å². The second-order valence-electron chi connectivity index (χ2n) is 5.54. The first-order chi connectivity index (χ1) is 9.22. The largest absolute Gasteiger partial charge is 0.457 e. The quantitative estimate of drug-likeness (QED) is 0.757. The highest BCUT2D eigenvalue weighted by atomic mass is 16.5. The van der Waals surface area contributed by atoms with E-state index in [1.54, 1.807) is 0 Å². The topological polar surface area (TPSA) is 86.1 Å². The smallest absolute Gasteiger partial charge is 0.361 e. The maximum Gasteiger partial charge on any atom is 0.361 e. The van der Waals surface area contributed by atoms with Crippen LogP contribution in [-0.2, 0) is 11.3 Å². The van der Waals surface area contributed by atoms with Crippen LogP contribution in [0.5, 0.6) is 0 Å². The van der Waals surface area contributed by atoms with Gasteiger partial charge in [-0.3, -0.25) is 4.79 Å². The minimum Gasteiger partial charge on any atom is -0.457 e. The minimum atomic E-state index is -0.518. The van der Waals surface area contributed by atoms with Gasteiger partial charge >= 0.3 is 5.97 Å². The van der Waals surface area contributed by atoms with Crippen LogP contribution in [0.2, 0.25) is 0 Å². The highest BCUT2D eigenvalue weighted by Crippen LogP contribution is 2.49. The number of nitrogens with one attached hydrogen (secondary N) is 1. The van der Waals surface area contributed by atoms with E-state index in [4.69, 9.17) is 4.74 Å². The van der Waals surface area contributed by atoms with E-state index >= 15 is 0 Å². The minimum absolute atomic E-state index is 0.00139. The molecule has 3 fully saturated rings. The van der Waals surface area contributed by atoms with Gasteiger partial charge in [0.25, 0.3) is 5.91 Å². The number of hydrogen-bond donors (Lipinski definition) is 1. The Morgan fingerprint density at radius 3 is 2.95 bits per heavy atom. The Hall–Kier alpha value is -1.92. The molecule has 2 bridgehead atoms. The molecule has 1 amide bonds. The van der Waals surface area contributed by atoms with Gasteiger partial charge in [-0.2, -0.15) is 0 Å². The number of carbonyl (C=O) groups excluding carboxylic acids is 2. The molecule has 7 heteroatoms. The van der Waals surface area contributed by atoms with Crippen molar-refractivity contribution in [1.29, 1.82) is 0 Å². The lowest BCUT2D eigenvalue weighted by molar-refractivity contribution is 0.0219. The van der Waals surface area contributed by atoms with Crippen LogP contribution in [0.3, 0.4) is 0 Å². The normalized spacial score (nSPS) is 31.4. The molecule has 1 aromatic rings. The summed E-state index contributed by atoms with van der Waals surface area (Å²) in [5.41, 5.74) is 0.267. The molecule has 100 valence electrons. The number of nitrogens with zero attached hydrogens (tertiary/aromatic N) is 3. The fourth-order valence-corrected chi connectivity index (χ4v) is 3.33. The van der Waals surface area contributed by atoms with Gasteiger partial charge in [0.1, 0.15) is 6.10 Å². The number of hydrogen-bond acceptors (Lipinski definition) is 5. The van der Waals surface area contributed by atoms with Crippen molar-refractivity contribution in [2.75, 3.05) is 6.54 Å². The van der Waals surface area contributed by atoms with Crippen molar-refractivity contribution in [1.82, 2.24) is 20.3 Å². The molecule has 0 aromatic carbocycles. The summed E-state index contributed by atoms with van der Waals surface area (Å²) in [4.78, 5) is 23.9. The highest BCUT2D eigenvalue weighted by Gasteiger charge is 2.47. The number of aromatic nitrogens is 3. The zero-order chi connectivity index (χ0) is 13.0. The first kappa shape index (κ1) is 11.0. The average Bonchev–Trinajstić information content (AvgIpc) is 2.99. The van der Waals surface area contributed by atoms with Gasteiger partial charge in [-0.05, 0) is 31.1 Å². The summed E-state index contributed by atoms with van der Waals surface area (Å²) in [6, 6.07) is 0. The molecule has 1 unspecified atom stereocenters. The molecule has 19 heavy (non-hydrogen) atoms. The number of amides is 1. The van der Waals surface area contributed by atoms with Crippen molar-refractivity contribution in [3.8, 4) is 0 Å². The lowest BCUT2D eigenvalue weighted by Crippen LogP contribution is -2.37. The highest BCUT2D eigenvalue weighted by molar-refractivity contribution is 6.03. The van der Waals surface area contributed by atoms with Gasteiger partial charge in [0, 0.05) is 6.54 Å². The summed E-state index contributed by atoms with van der Waals surface area (Å²) in [6.07, 6.45) is 3.28. The van der Waals surface area contributed by atoms with Crippen LogP contribution in [0.1, 0.15) is 40.2 Å². The third-order valence-corrected chi connectivity index (χ3v) is 4.37. The maximum absolute atomic E-state index is 12.1. The average molecular weight is 262 g/mol. The second-order valence-corrected chi connectivity index (χ2v) is 5.54. The fraction of sp³-hybridized carbons (Fsp3) is 0.667. The molecule has 0 spiro atoms. The number of fused-ring (bicyclic) bond motifs is 2. The van der Waals surface area contributed by atoms with Gasteiger partial charge in [0.05, 0.1) is 6.54 Å². The van der Waals surface area contributed by atoms with E-state index in [0.717, 1.165) is 25.2 Å². The van der Waals surface area contributed by atoms with Gasteiger partial charge in [0.2, 0.25) is 5.69 Å². The fourth-order valence-electron chi connectivity index (χ4n) is 3.33. The summed E-state index contributed by atoms with van der Waals surface area (Å²) in [5.74, 6) is 0.407. The lowest BCUT2D eigenvalue weighted by atomic mass is 9.84. The Balaban J connectivity index is 1.57. The first-order valence-corrected chi connectivity index (χ1v) is 6.65. The van der Waals surface area contributed by atoms with E-state index < -0.39 is 5.97 Å². The van der Waals surface area contributed by atoms with Crippen molar-refractivity contribution < 1.29 is 14.3 Å². The molecule has 0 radical (unpaired) electrons. The summed E-state index contributed by atoms with van der Waals surface area (Å²) in [5, 5.41) is 10.3. The molecular weight excluding hydrogens is 248 g/mol. The number of rotatable bonds is 2. The molecule has 0 saturated heterocycles. The lowest BCUT2D eigenvalue weighted by Gasteiger charge is -2.23. The second kappa shape index (κ2) is 3.79. The molecule has 1 N–H and O–H groups in total. The number of ether oxygens (including phenoxy) is 1. The van der Waals surface area contributed by atoms with E-state index in [1.165, 1.54) is 4.68 Å². The maximum atomic E-state index is 12.1. The van der Waals surface area contributed by atoms with Crippen LogP contribution in [0.15, 0.2) is 0 Å². The molecule has 1 atom stereocenters. The predicted octanol–water partition coefficient (Wildman–Crippen LogP) is -0.0232. The van der Waals surface area contributed by atoms with Crippen molar-refractivity contribution in [2.24, 2.45) is 11.8 Å². The molecule has 4 aliphatic rings. The molecule has 5 rings (SSSR count). The van der Waals surface area contributed by atoms with Crippen molar-refractivity contribution in [2.45, 2.75) is 31.9 Å². The van der Waals surface area contributed by atoms with E-state index in [9.17, 15) is 9.59 Å². The van der Waals surface area contributed by atoms with Crippen LogP contribution in [0, 0.1) is 11.8 Å². The molecular formula is C12H14N4O3. The van der Waals surface area contributed by atoms with Gasteiger partial charge in [-0.25, -0.2) is 9.48 Å². The Bertz CT molecular complexity index is 561. The molecule has 7 nitrogen and oxygen atoms in total. The Kier molecular flexibility index (Phi) is 2.18. The zero-order valence-corrected chi connectivity index (χ0v) is 10.3. The summed E-state index contributed by atoms with van der Waals surface area (Å²) in [6.45, 7) is 1.05. The summed E-state index contributed by atoms with van der Waals surface area (Å²) < 4.78 is 6.95. The van der Waals surface area contributed by atoms with Crippen LogP contribution in [0.25, 0.3) is 0 Å². The third-order valence-electron chi connectivity index (χ3n) is 4.37. The van der Waals surface area contributed by atoms with Crippen molar-refractivity contribution in [3.63, 3.8) is 0 Å². The van der Waals surface area contributed by atoms with Crippen LogP contribution in [-0.4, -0.2) is 39.5 Å².